The van der Waals surface area contributed by atoms with Gasteiger partial charge in [-0.15, -0.1) is 0 Å². The predicted molar refractivity (Wildman–Crippen MR) is 97.9 cm³/mol. The van der Waals surface area contributed by atoms with E-state index in [2.05, 4.69) is 10.9 Å². The number of nitrogens with zero attached hydrogens (tertiary/aromatic N) is 1. The van der Waals surface area contributed by atoms with Gasteiger partial charge in [0.05, 0.1) is 17.2 Å². The summed E-state index contributed by atoms with van der Waals surface area (Å²) in [6.07, 6.45) is -4.51. The molecular formula is C20H20F3N3O2. The van der Waals surface area contributed by atoms with E-state index in [1.165, 1.54) is 18.2 Å². The summed E-state index contributed by atoms with van der Waals surface area (Å²) in [5.74, 6) is -1.29. The molecule has 1 saturated heterocycles. The normalized spacial score (nSPS) is 16.9. The van der Waals surface area contributed by atoms with Gasteiger partial charge in [0.25, 0.3) is 0 Å². The first-order chi connectivity index (χ1) is 13.2. The smallest absolute Gasteiger partial charge is 0.338 e. The molecule has 2 amide bonds. The van der Waals surface area contributed by atoms with Crippen LogP contribution >= 0.6 is 0 Å². The predicted octanol–water partition coefficient (Wildman–Crippen LogP) is 3.51. The molecule has 3 rings (SSSR count). The van der Waals surface area contributed by atoms with E-state index in [1.807, 2.05) is 31.2 Å². The van der Waals surface area contributed by atoms with Crippen LogP contribution in [0.2, 0.25) is 0 Å². The number of carbonyl (C=O) groups excluding carboxylic acids is 2. The van der Waals surface area contributed by atoms with Crippen molar-refractivity contribution in [3.8, 4) is 0 Å². The first-order valence-electron chi connectivity index (χ1n) is 8.79. The summed E-state index contributed by atoms with van der Waals surface area (Å²) in [4.78, 5) is 26.1. The van der Waals surface area contributed by atoms with Crippen LogP contribution in [0.3, 0.4) is 0 Å². The number of hydrazine groups is 1. The van der Waals surface area contributed by atoms with E-state index in [0.29, 0.717) is 6.54 Å². The number of halogens is 3. The Morgan fingerprint density at radius 1 is 1.14 bits per heavy atom. The van der Waals surface area contributed by atoms with E-state index in [0.717, 1.165) is 17.2 Å². The molecule has 0 radical (unpaired) electrons. The molecule has 8 heteroatoms. The maximum atomic E-state index is 13.0. The van der Waals surface area contributed by atoms with Crippen LogP contribution in [0.15, 0.2) is 48.5 Å². The van der Waals surface area contributed by atoms with Crippen molar-refractivity contribution in [3.05, 3.63) is 65.2 Å². The Balaban J connectivity index is 1.59. The minimum Gasteiger partial charge on any atom is -0.338 e. The molecule has 0 unspecified atom stereocenters. The molecule has 1 atom stereocenters. The van der Waals surface area contributed by atoms with Crippen molar-refractivity contribution in [2.75, 3.05) is 12.0 Å². The van der Waals surface area contributed by atoms with Crippen LogP contribution in [0.4, 0.5) is 18.9 Å². The Labute approximate surface area is 160 Å². The third-order valence-corrected chi connectivity index (χ3v) is 4.63. The number of aryl methyl sites for hydroxylation is 1. The number of benzene rings is 2. The summed E-state index contributed by atoms with van der Waals surface area (Å²) in [5.41, 5.74) is 5.57. The maximum Gasteiger partial charge on any atom is 0.418 e. The molecule has 1 fully saturated rings. The first kappa shape index (κ1) is 19.7. The van der Waals surface area contributed by atoms with E-state index in [9.17, 15) is 22.8 Å². The van der Waals surface area contributed by atoms with Crippen LogP contribution in [0.1, 0.15) is 23.1 Å². The number of carbonyl (C=O) groups is 2. The van der Waals surface area contributed by atoms with Gasteiger partial charge in [-0.05, 0) is 24.6 Å². The van der Waals surface area contributed by atoms with Crippen molar-refractivity contribution < 1.29 is 22.8 Å². The van der Waals surface area contributed by atoms with Gasteiger partial charge in [0.1, 0.15) is 0 Å². The minimum absolute atomic E-state index is 0.0281. The number of hydrogen-bond donors (Lipinski definition) is 2. The van der Waals surface area contributed by atoms with E-state index < -0.39 is 23.6 Å². The van der Waals surface area contributed by atoms with E-state index in [4.69, 9.17) is 0 Å². The molecule has 1 aliphatic rings. The molecule has 1 aliphatic heterocycles. The van der Waals surface area contributed by atoms with Crippen LogP contribution in [0, 0.1) is 12.8 Å². The number of likely N-dealkylation sites (tertiary alicyclic amines) is 1. The number of amides is 2. The van der Waals surface area contributed by atoms with Gasteiger partial charge in [0.15, 0.2) is 0 Å². The molecule has 28 heavy (non-hydrogen) atoms. The van der Waals surface area contributed by atoms with E-state index in [-0.39, 0.29) is 24.6 Å². The number of para-hydroxylation sites is 1. The van der Waals surface area contributed by atoms with Crippen LogP contribution in [0.5, 0.6) is 0 Å². The zero-order chi connectivity index (χ0) is 20.3. The molecule has 1 heterocycles. The fourth-order valence-electron chi connectivity index (χ4n) is 3.08. The van der Waals surface area contributed by atoms with Gasteiger partial charge in [0.2, 0.25) is 11.8 Å². The topological polar surface area (TPSA) is 61.4 Å². The highest BCUT2D eigenvalue weighted by Gasteiger charge is 2.35. The van der Waals surface area contributed by atoms with Crippen molar-refractivity contribution in [2.45, 2.75) is 26.1 Å². The van der Waals surface area contributed by atoms with Gasteiger partial charge >= 0.3 is 6.18 Å². The van der Waals surface area contributed by atoms with Gasteiger partial charge < -0.3 is 4.90 Å². The largest absolute Gasteiger partial charge is 0.418 e. The first-order valence-corrected chi connectivity index (χ1v) is 8.79. The Bertz CT molecular complexity index is 866. The second-order valence-electron chi connectivity index (χ2n) is 6.82. The monoisotopic (exact) mass is 391 g/mol. The zero-order valence-electron chi connectivity index (χ0n) is 15.2. The summed E-state index contributed by atoms with van der Waals surface area (Å²) >= 11 is 0. The Hall–Kier alpha value is -3.03. The van der Waals surface area contributed by atoms with Crippen molar-refractivity contribution in [1.29, 1.82) is 0 Å². The third kappa shape index (κ3) is 4.62. The second kappa shape index (κ2) is 7.92. The highest BCUT2D eigenvalue weighted by Crippen LogP contribution is 2.34. The second-order valence-corrected chi connectivity index (χ2v) is 6.82. The third-order valence-electron chi connectivity index (χ3n) is 4.63. The van der Waals surface area contributed by atoms with Gasteiger partial charge in [-0.2, -0.15) is 13.2 Å². The van der Waals surface area contributed by atoms with Crippen molar-refractivity contribution >= 4 is 17.5 Å². The molecule has 2 aromatic carbocycles. The Morgan fingerprint density at radius 2 is 1.82 bits per heavy atom. The van der Waals surface area contributed by atoms with E-state index >= 15 is 0 Å². The summed E-state index contributed by atoms with van der Waals surface area (Å²) in [6.45, 7) is 2.59. The molecule has 0 aromatic heterocycles. The van der Waals surface area contributed by atoms with Crippen molar-refractivity contribution in [2.24, 2.45) is 5.92 Å². The summed E-state index contributed by atoms with van der Waals surface area (Å²) in [6, 6.07) is 12.6. The van der Waals surface area contributed by atoms with Gasteiger partial charge in [0, 0.05) is 19.5 Å². The Morgan fingerprint density at radius 3 is 2.50 bits per heavy atom. The standard InChI is InChI=1S/C20H20F3N3O2/c1-13-6-8-14(9-7-13)11-26-12-15(10-18(26)27)19(28)25-24-17-5-3-2-4-16(17)20(21,22)23/h2-9,15,24H,10-12H2,1H3,(H,25,28)/t15-/m1/s1. The quantitative estimate of drug-likeness (QED) is 0.767. The lowest BCUT2D eigenvalue weighted by atomic mass is 10.1. The summed E-state index contributed by atoms with van der Waals surface area (Å²) in [7, 11) is 0. The van der Waals surface area contributed by atoms with Crippen molar-refractivity contribution in [1.82, 2.24) is 10.3 Å². The van der Waals surface area contributed by atoms with Gasteiger partial charge in [-0.25, -0.2) is 0 Å². The molecule has 148 valence electrons. The van der Waals surface area contributed by atoms with Crippen molar-refractivity contribution in [3.63, 3.8) is 0 Å². The number of anilines is 1. The number of rotatable bonds is 5. The molecule has 0 bridgehead atoms. The SMILES string of the molecule is Cc1ccc(CN2C[C@H](C(=O)NNc3ccccc3C(F)(F)F)CC2=O)cc1. The molecule has 2 aromatic rings. The lowest BCUT2D eigenvalue weighted by molar-refractivity contribution is -0.137. The minimum atomic E-state index is -4.54. The lowest BCUT2D eigenvalue weighted by Crippen LogP contribution is -2.37. The molecular weight excluding hydrogens is 371 g/mol. The van der Waals surface area contributed by atoms with E-state index in [1.54, 1.807) is 4.90 Å². The Kier molecular flexibility index (Phi) is 5.58. The molecule has 5 nitrogen and oxygen atoms in total. The highest BCUT2D eigenvalue weighted by molar-refractivity contribution is 5.89. The van der Waals surface area contributed by atoms with Gasteiger partial charge in [-0.3, -0.25) is 20.4 Å². The summed E-state index contributed by atoms with van der Waals surface area (Å²) in [5, 5.41) is 0. The fourth-order valence-corrected chi connectivity index (χ4v) is 3.08. The zero-order valence-corrected chi connectivity index (χ0v) is 15.2. The molecule has 0 saturated carbocycles. The molecule has 2 N–H and O–H groups in total. The maximum absolute atomic E-state index is 13.0. The molecule has 0 spiro atoms. The fraction of sp³-hybridized carbons (Fsp3) is 0.300. The van der Waals surface area contributed by atoms with Crippen LogP contribution in [-0.4, -0.2) is 23.3 Å². The number of alkyl halides is 3. The number of nitrogens with one attached hydrogen (secondary N) is 2. The van der Waals surface area contributed by atoms with Crippen LogP contribution < -0.4 is 10.9 Å². The van der Waals surface area contributed by atoms with Crippen LogP contribution in [-0.2, 0) is 22.3 Å². The summed E-state index contributed by atoms with van der Waals surface area (Å²) < 4.78 is 39.0. The number of hydrogen-bond acceptors (Lipinski definition) is 3. The lowest BCUT2D eigenvalue weighted by Gasteiger charge is -2.18. The average Bonchev–Trinajstić information content (AvgIpc) is 3.02. The van der Waals surface area contributed by atoms with Gasteiger partial charge in [-0.1, -0.05) is 42.0 Å². The average molecular weight is 391 g/mol. The molecule has 0 aliphatic carbocycles. The van der Waals surface area contributed by atoms with Crippen LogP contribution in [0.25, 0.3) is 0 Å². The highest BCUT2D eigenvalue weighted by atomic mass is 19.4.